The maximum Gasteiger partial charge on any atom is 0.410 e. The fraction of sp³-hybridized carbons (Fsp3) is 0.857. The second-order valence-corrected chi connectivity index (χ2v) is 6.11. The van der Waals surface area contributed by atoms with E-state index in [4.69, 9.17) is 9.84 Å². The van der Waals surface area contributed by atoms with Gasteiger partial charge in [-0.15, -0.1) is 0 Å². The molecular formula is C14H25NO4. The number of hydrogen-bond donors (Lipinski definition) is 1. The molecule has 1 N–H and O–H groups in total. The summed E-state index contributed by atoms with van der Waals surface area (Å²) in [4.78, 5) is 24.7. The Morgan fingerprint density at radius 3 is 2.11 bits per heavy atom. The van der Waals surface area contributed by atoms with Gasteiger partial charge in [0.25, 0.3) is 0 Å². The number of amides is 1. The zero-order chi connectivity index (χ0) is 14.6. The number of nitrogens with zero attached hydrogens (tertiary/aromatic N) is 1. The van der Waals surface area contributed by atoms with E-state index in [9.17, 15) is 9.59 Å². The van der Waals surface area contributed by atoms with Gasteiger partial charge in [-0.05, 0) is 53.4 Å². The van der Waals surface area contributed by atoms with Crippen LogP contribution in [0, 0.1) is 5.92 Å². The Labute approximate surface area is 114 Å². The predicted octanol–water partition coefficient (Wildman–Crippen LogP) is 2.89. The molecule has 1 aliphatic rings. The SMILES string of the molecule is CCN(C(=O)OC(C)(C)C)[C@H]1CC[C@H](C(=O)O)CC1. The number of carbonyl (C=O) groups is 2. The van der Waals surface area contributed by atoms with Gasteiger partial charge in [0.2, 0.25) is 0 Å². The van der Waals surface area contributed by atoms with Crippen LogP contribution in [0.1, 0.15) is 53.4 Å². The topological polar surface area (TPSA) is 66.8 Å². The highest BCUT2D eigenvalue weighted by atomic mass is 16.6. The van der Waals surface area contributed by atoms with E-state index in [1.165, 1.54) is 0 Å². The second kappa shape index (κ2) is 6.26. The smallest absolute Gasteiger partial charge is 0.410 e. The van der Waals surface area contributed by atoms with Crippen LogP contribution in [0.2, 0.25) is 0 Å². The van der Waals surface area contributed by atoms with Crippen molar-refractivity contribution in [3.8, 4) is 0 Å². The van der Waals surface area contributed by atoms with E-state index in [1.54, 1.807) is 4.90 Å². The van der Waals surface area contributed by atoms with Crippen LogP contribution in [-0.2, 0) is 9.53 Å². The van der Waals surface area contributed by atoms with Crippen molar-refractivity contribution < 1.29 is 19.4 Å². The van der Waals surface area contributed by atoms with Crippen molar-refractivity contribution in [1.82, 2.24) is 4.90 Å². The van der Waals surface area contributed by atoms with Crippen LogP contribution in [0.5, 0.6) is 0 Å². The Morgan fingerprint density at radius 1 is 1.21 bits per heavy atom. The lowest BCUT2D eigenvalue weighted by atomic mass is 9.85. The van der Waals surface area contributed by atoms with Gasteiger partial charge in [0.1, 0.15) is 5.60 Å². The Morgan fingerprint density at radius 2 is 1.74 bits per heavy atom. The predicted molar refractivity (Wildman–Crippen MR) is 72.0 cm³/mol. The molecule has 5 nitrogen and oxygen atoms in total. The molecule has 110 valence electrons. The Bertz CT molecular complexity index is 327. The third-order valence-electron chi connectivity index (χ3n) is 3.46. The first-order valence-electron chi connectivity index (χ1n) is 6.97. The van der Waals surface area contributed by atoms with Crippen molar-refractivity contribution in [2.75, 3.05) is 6.54 Å². The van der Waals surface area contributed by atoms with Gasteiger partial charge in [0.15, 0.2) is 0 Å². The molecule has 1 rings (SSSR count). The zero-order valence-electron chi connectivity index (χ0n) is 12.3. The molecular weight excluding hydrogens is 246 g/mol. The normalized spacial score (nSPS) is 23.8. The van der Waals surface area contributed by atoms with Gasteiger partial charge in [0, 0.05) is 12.6 Å². The molecule has 0 atom stereocenters. The first-order valence-corrected chi connectivity index (χ1v) is 6.97. The van der Waals surface area contributed by atoms with Gasteiger partial charge in [-0.25, -0.2) is 4.79 Å². The van der Waals surface area contributed by atoms with Crippen LogP contribution >= 0.6 is 0 Å². The second-order valence-electron chi connectivity index (χ2n) is 6.11. The molecule has 0 aromatic carbocycles. The fourth-order valence-corrected chi connectivity index (χ4v) is 2.49. The van der Waals surface area contributed by atoms with Gasteiger partial charge in [-0.3, -0.25) is 4.79 Å². The van der Waals surface area contributed by atoms with Crippen LogP contribution in [0.25, 0.3) is 0 Å². The van der Waals surface area contributed by atoms with Crippen molar-refractivity contribution >= 4 is 12.1 Å². The highest BCUT2D eigenvalue weighted by Crippen LogP contribution is 2.28. The standard InChI is InChI=1S/C14H25NO4/c1-5-15(13(18)19-14(2,3)4)11-8-6-10(7-9-11)12(16)17/h10-11H,5-9H2,1-4H3,(H,16,17)/t10-,11-. The molecule has 1 saturated carbocycles. The Kier molecular flexibility index (Phi) is 5.20. The van der Waals surface area contributed by atoms with Crippen LogP contribution in [-0.4, -0.2) is 40.3 Å². The molecule has 0 spiro atoms. The van der Waals surface area contributed by atoms with Gasteiger partial charge in [-0.2, -0.15) is 0 Å². The van der Waals surface area contributed by atoms with E-state index in [0.29, 0.717) is 19.4 Å². The first kappa shape index (κ1) is 15.8. The number of rotatable bonds is 3. The van der Waals surface area contributed by atoms with Gasteiger partial charge in [-0.1, -0.05) is 0 Å². The third kappa shape index (κ3) is 4.73. The fourth-order valence-electron chi connectivity index (χ4n) is 2.49. The summed E-state index contributed by atoms with van der Waals surface area (Å²) in [6, 6.07) is 0.107. The Hall–Kier alpha value is -1.26. The number of carbonyl (C=O) groups excluding carboxylic acids is 1. The third-order valence-corrected chi connectivity index (χ3v) is 3.46. The van der Waals surface area contributed by atoms with E-state index in [2.05, 4.69) is 0 Å². The molecule has 19 heavy (non-hydrogen) atoms. The van der Waals surface area contributed by atoms with Crippen LogP contribution in [0.4, 0.5) is 4.79 Å². The molecule has 5 heteroatoms. The molecule has 0 heterocycles. The first-order chi connectivity index (χ1) is 8.74. The van der Waals surface area contributed by atoms with Crippen LogP contribution in [0.15, 0.2) is 0 Å². The molecule has 0 aliphatic heterocycles. The minimum Gasteiger partial charge on any atom is -0.481 e. The van der Waals surface area contributed by atoms with E-state index in [0.717, 1.165) is 12.8 Å². The summed E-state index contributed by atoms with van der Waals surface area (Å²) in [7, 11) is 0. The van der Waals surface area contributed by atoms with E-state index >= 15 is 0 Å². The molecule has 0 unspecified atom stereocenters. The van der Waals surface area contributed by atoms with E-state index in [-0.39, 0.29) is 18.1 Å². The maximum atomic E-state index is 12.1. The maximum absolute atomic E-state index is 12.1. The van der Waals surface area contributed by atoms with Crippen LogP contribution < -0.4 is 0 Å². The number of aliphatic carboxylic acids is 1. The molecule has 0 radical (unpaired) electrons. The molecule has 1 amide bonds. The average Bonchev–Trinajstić information content (AvgIpc) is 2.28. The van der Waals surface area contributed by atoms with Crippen molar-refractivity contribution in [2.24, 2.45) is 5.92 Å². The summed E-state index contributed by atoms with van der Waals surface area (Å²) >= 11 is 0. The monoisotopic (exact) mass is 271 g/mol. The summed E-state index contributed by atoms with van der Waals surface area (Å²) in [5.41, 5.74) is -0.497. The summed E-state index contributed by atoms with van der Waals surface area (Å²) in [5.74, 6) is -0.979. The highest BCUT2D eigenvalue weighted by Gasteiger charge is 2.32. The molecule has 0 aromatic heterocycles. The highest BCUT2D eigenvalue weighted by molar-refractivity contribution is 5.70. The summed E-state index contributed by atoms with van der Waals surface area (Å²) in [6.45, 7) is 8.06. The van der Waals surface area contributed by atoms with Crippen molar-refractivity contribution in [1.29, 1.82) is 0 Å². The number of carboxylic acids is 1. The lowest BCUT2D eigenvalue weighted by Crippen LogP contribution is -2.45. The molecule has 0 saturated heterocycles. The number of ether oxygens (including phenoxy) is 1. The molecule has 0 bridgehead atoms. The number of hydrogen-bond acceptors (Lipinski definition) is 3. The molecule has 0 aromatic rings. The van der Waals surface area contributed by atoms with Gasteiger partial charge >= 0.3 is 12.1 Å². The quantitative estimate of drug-likeness (QED) is 0.857. The molecule has 1 aliphatic carbocycles. The summed E-state index contributed by atoms with van der Waals surface area (Å²) in [5, 5.41) is 8.98. The summed E-state index contributed by atoms with van der Waals surface area (Å²) in [6.07, 6.45) is 2.46. The zero-order valence-corrected chi connectivity index (χ0v) is 12.3. The lowest BCUT2D eigenvalue weighted by molar-refractivity contribution is -0.143. The van der Waals surface area contributed by atoms with Gasteiger partial charge in [0.05, 0.1) is 5.92 Å². The van der Waals surface area contributed by atoms with Crippen LogP contribution in [0.3, 0.4) is 0 Å². The summed E-state index contributed by atoms with van der Waals surface area (Å²) < 4.78 is 5.39. The minimum atomic E-state index is -0.723. The minimum absolute atomic E-state index is 0.107. The van der Waals surface area contributed by atoms with Crippen molar-refractivity contribution in [3.05, 3.63) is 0 Å². The largest absolute Gasteiger partial charge is 0.481 e. The number of carboxylic acid groups (broad SMARTS) is 1. The Balaban J connectivity index is 2.57. The van der Waals surface area contributed by atoms with E-state index < -0.39 is 11.6 Å². The average molecular weight is 271 g/mol. The van der Waals surface area contributed by atoms with Gasteiger partial charge < -0.3 is 14.7 Å². The van der Waals surface area contributed by atoms with Crippen molar-refractivity contribution in [2.45, 2.75) is 65.0 Å². The van der Waals surface area contributed by atoms with Crippen molar-refractivity contribution in [3.63, 3.8) is 0 Å². The molecule has 1 fully saturated rings. The van der Waals surface area contributed by atoms with E-state index in [1.807, 2.05) is 27.7 Å². The lowest BCUT2D eigenvalue weighted by Gasteiger charge is -2.36.